The third-order valence-electron chi connectivity index (χ3n) is 5.78. The molecule has 2 heterocycles. The van der Waals surface area contributed by atoms with Crippen molar-refractivity contribution in [3.05, 3.63) is 48.2 Å². The number of rotatable bonds is 3. The second-order valence-electron chi connectivity index (χ2n) is 7.11. The Kier molecular flexibility index (Phi) is 3.72. The summed E-state index contributed by atoms with van der Waals surface area (Å²) in [6, 6.07) is 7.04. The number of fused-ring (bicyclic) bond motifs is 2. The Morgan fingerprint density at radius 1 is 1.46 bits per heavy atom. The van der Waals surface area contributed by atoms with E-state index in [4.69, 9.17) is 4.74 Å². The summed E-state index contributed by atoms with van der Waals surface area (Å²) in [7, 11) is 3.63. The van der Waals surface area contributed by atoms with Gasteiger partial charge in [-0.2, -0.15) is 0 Å². The number of nitrogens with zero attached hydrogens (tertiary/aromatic N) is 2. The second kappa shape index (κ2) is 5.78. The molecular weight excluding hydrogens is 300 g/mol. The first-order valence-corrected chi connectivity index (χ1v) is 8.63. The highest BCUT2D eigenvalue weighted by Crippen LogP contribution is 2.45. The predicted octanol–water partition coefficient (Wildman–Crippen LogP) is 2.96. The van der Waals surface area contributed by atoms with Crippen LogP contribution in [-0.2, 0) is 22.5 Å². The van der Waals surface area contributed by atoms with Crippen LogP contribution in [0.5, 0.6) is 0 Å². The minimum absolute atomic E-state index is 0.0340. The molecule has 3 unspecified atom stereocenters. The Bertz CT molecular complexity index is 807. The van der Waals surface area contributed by atoms with Crippen LogP contribution in [0.25, 0.3) is 10.9 Å². The summed E-state index contributed by atoms with van der Waals surface area (Å²) < 4.78 is 7.30. The van der Waals surface area contributed by atoms with Crippen LogP contribution in [0.15, 0.2) is 37.1 Å². The van der Waals surface area contributed by atoms with Crippen LogP contribution in [-0.4, -0.2) is 42.2 Å². The Balaban J connectivity index is 1.81. The number of hydrogen-bond donors (Lipinski definition) is 0. The summed E-state index contributed by atoms with van der Waals surface area (Å²) in [5.41, 5.74) is 4.10. The first-order valence-electron chi connectivity index (χ1n) is 8.63. The minimum atomic E-state index is -0.0810. The summed E-state index contributed by atoms with van der Waals surface area (Å²) in [5, 5.41) is 1.39. The van der Waals surface area contributed by atoms with Crippen molar-refractivity contribution in [1.82, 2.24) is 9.47 Å². The molecule has 0 amide bonds. The molecule has 1 aliphatic carbocycles. The van der Waals surface area contributed by atoms with Crippen LogP contribution in [0.4, 0.5) is 0 Å². The molecule has 0 saturated carbocycles. The van der Waals surface area contributed by atoms with E-state index in [0.717, 1.165) is 25.9 Å². The van der Waals surface area contributed by atoms with Crippen LogP contribution in [0.3, 0.4) is 0 Å². The van der Waals surface area contributed by atoms with E-state index in [2.05, 4.69) is 47.5 Å². The highest BCUT2D eigenvalue weighted by Gasteiger charge is 2.41. The number of hydrogen-bond acceptors (Lipinski definition) is 3. The summed E-state index contributed by atoms with van der Waals surface area (Å²) in [6.45, 7) is 5.49. The van der Waals surface area contributed by atoms with Gasteiger partial charge in [0, 0.05) is 42.1 Å². The van der Waals surface area contributed by atoms with Gasteiger partial charge < -0.3 is 14.2 Å². The molecule has 2 aliphatic rings. The molecule has 1 aromatic carbocycles. The zero-order valence-electron chi connectivity index (χ0n) is 14.4. The molecule has 1 saturated heterocycles. The lowest BCUT2D eigenvalue weighted by molar-refractivity contribution is -0.148. The normalized spacial score (nSPS) is 26.2. The molecule has 3 atom stereocenters. The number of likely N-dealkylation sites (N-methyl/N-ethyl adjacent to an activating group) is 1. The van der Waals surface area contributed by atoms with Gasteiger partial charge in [-0.3, -0.25) is 4.79 Å². The fourth-order valence-electron chi connectivity index (χ4n) is 4.75. The fraction of sp³-hybridized carbons (Fsp3) is 0.450. The maximum absolute atomic E-state index is 12.1. The van der Waals surface area contributed by atoms with Crippen molar-refractivity contribution in [2.24, 2.45) is 5.92 Å². The van der Waals surface area contributed by atoms with E-state index in [-0.39, 0.29) is 11.9 Å². The van der Waals surface area contributed by atoms with Crippen molar-refractivity contribution in [3.63, 3.8) is 0 Å². The minimum Gasteiger partial charge on any atom is -0.469 e. The van der Waals surface area contributed by atoms with E-state index < -0.39 is 0 Å². The first kappa shape index (κ1) is 15.5. The molecule has 1 aliphatic heterocycles. The van der Waals surface area contributed by atoms with Crippen molar-refractivity contribution >= 4 is 16.9 Å². The molecule has 2 aromatic rings. The number of carbonyl (C=O) groups excluding carboxylic acids is 1. The number of likely N-dealkylation sites (tertiary alicyclic amines) is 1. The van der Waals surface area contributed by atoms with Crippen LogP contribution in [0.2, 0.25) is 0 Å². The lowest BCUT2D eigenvalue weighted by atomic mass is 9.72. The molecule has 4 rings (SSSR count). The van der Waals surface area contributed by atoms with Gasteiger partial charge in [0.05, 0.1) is 13.0 Å². The lowest BCUT2D eigenvalue weighted by Gasteiger charge is -2.44. The highest BCUT2D eigenvalue weighted by atomic mass is 16.5. The van der Waals surface area contributed by atoms with Gasteiger partial charge in [-0.25, -0.2) is 0 Å². The highest BCUT2D eigenvalue weighted by molar-refractivity contribution is 5.89. The molecule has 0 N–H and O–H groups in total. The van der Waals surface area contributed by atoms with Gasteiger partial charge in [0.15, 0.2) is 0 Å². The number of allylic oxidation sites excluding steroid dienone is 1. The SMILES string of the molecule is C=CCn1cc2c3c(cccc31)C1CC(C(=O)OC)CN(C)C1C2. The van der Waals surface area contributed by atoms with E-state index in [1.807, 2.05) is 6.08 Å². The van der Waals surface area contributed by atoms with Crippen LogP contribution in [0, 0.1) is 5.92 Å². The Morgan fingerprint density at radius 2 is 2.29 bits per heavy atom. The molecule has 1 fully saturated rings. The molecule has 4 nitrogen and oxygen atoms in total. The van der Waals surface area contributed by atoms with Crippen molar-refractivity contribution < 1.29 is 9.53 Å². The average molecular weight is 324 g/mol. The summed E-state index contributed by atoms with van der Waals surface area (Å²) in [5.74, 6) is 0.277. The maximum atomic E-state index is 12.1. The van der Waals surface area contributed by atoms with Gasteiger partial charge in [-0.15, -0.1) is 6.58 Å². The van der Waals surface area contributed by atoms with Gasteiger partial charge in [0.2, 0.25) is 0 Å². The van der Waals surface area contributed by atoms with Gasteiger partial charge in [0.25, 0.3) is 0 Å². The Hall–Kier alpha value is -2.07. The summed E-state index contributed by atoms with van der Waals surface area (Å²) >= 11 is 0. The number of ether oxygens (including phenoxy) is 1. The van der Waals surface area contributed by atoms with Crippen LogP contribution >= 0.6 is 0 Å². The zero-order chi connectivity index (χ0) is 16.8. The van der Waals surface area contributed by atoms with Crippen LogP contribution < -0.4 is 0 Å². The summed E-state index contributed by atoms with van der Waals surface area (Å²) in [4.78, 5) is 14.4. The van der Waals surface area contributed by atoms with E-state index in [9.17, 15) is 4.79 Å². The molecule has 4 heteroatoms. The third-order valence-corrected chi connectivity index (χ3v) is 5.78. The zero-order valence-corrected chi connectivity index (χ0v) is 14.4. The average Bonchev–Trinajstić information content (AvgIpc) is 2.94. The van der Waals surface area contributed by atoms with E-state index in [0.29, 0.717) is 12.0 Å². The first-order chi connectivity index (χ1) is 11.6. The Labute approximate surface area is 142 Å². The van der Waals surface area contributed by atoms with E-state index in [1.54, 1.807) is 0 Å². The smallest absolute Gasteiger partial charge is 0.309 e. The molecule has 1 aromatic heterocycles. The molecule has 0 spiro atoms. The molecule has 24 heavy (non-hydrogen) atoms. The third kappa shape index (κ3) is 2.20. The van der Waals surface area contributed by atoms with Gasteiger partial charge in [0.1, 0.15) is 0 Å². The molecular formula is C20H24N2O2. The van der Waals surface area contributed by atoms with Crippen LogP contribution in [0.1, 0.15) is 23.5 Å². The monoisotopic (exact) mass is 324 g/mol. The quantitative estimate of drug-likeness (QED) is 0.643. The van der Waals surface area contributed by atoms with Crippen molar-refractivity contribution in [2.45, 2.75) is 31.3 Å². The number of esters is 1. The summed E-state index contributed by atoms with van der Waals surface area (Å²) in [6.07, 6.45) is 6.16. The van der Waals surface area contributed by atoms with E-state index >= 15 is 0 Å². The lowest BCUT2D eigenvalue weighted by Crippen LogP contribution is -2.49. The number of methoxy groups -OCH3 is 1. The number of carbonyl (C=O) groups is 1. The fourth-order valence-corrected chi connectivity index (χ4v) is 4.75. The molecule has 126 valence electrons. The Morgan fingerprint density at radius 3 is 3.04 bits per heavy atom. The number of aromatic nitrogens is 1. The molecule has 0 bridgehead atoms. The van der Waals surface area contributed by atoms with Crippen molar-refractivity contribution in [1.29, 1.82) is 0 Å². The maximum Gasteiger partial charge on any atom is 0.309 e. The standard InChI is InChI=1S/C20H24N2O2/c1-4-8-22-12-13-10-18-16(15-6-5-7-17(22)19(13)15)9-14(11-21(18)2)20(23)24-3/h4-7,12,14,16,18H,1,8-11H2,2-3H3. The van der Waals surface area contributed by atoms with Gasteiger partial charge in [-0.05, 0) is 37.1 Å². The molecule has 0 radical (unpaired) electrons. The second-order valence-corrected chi connectivity index (χ2v) is 7.11. The predicted molar refractivity (Wildman–Crippen MR) is 95.1 cm³/mol. The number of benzene rings is 1. The van der Waals surface area contributed by atoms with Gasteiger partial charge >= 0.3 is 5.97 Å². The largest absolute Gasteiger partial charge is 0.469 e. The van der Waals surface area contributed by atoms with Crippen molar-refractivity contribution in [3.8, 4) is 0 Å². The number of piperidine rings is 1. The topological polar surface area (TPSA) is 34.5 Å². The van der Waals surface area contributed by atoms with Gasteiger partial charge in [-0.1, -0.05) is 18.2 Å². The van der Waals surface area contributed by atoms with E-state index in [1.165, 1.54) is 29.1 Å². The van der Waals surface area contributed by atoms with Crippen molar-refractivity contribution in [2.75, 3.05) is 20.7 Å².